The van der Waals surface area contributed by atoms with Crippen molar-refractivity contribution in [2.45, 2.75) is 58.0 Å². The Kier molecular flexibility index (Phi) is 6.93. The summed E-state index contributed by atoms with van der Waals surface area (Å²) in [6.45, 7) is 5.53. The van der Waals surface area contributed by atoms with Crippen molar-refractivity contribution in [3.63, 3.8) is 0 Å². The number of nitrogens with two attached hydrogens (primary N) is 1. The second kappa shape index (κ2) is 10.0. The summed E-state index contributed by atoms with van der Waals surface area (Å²) >= 11 is 5.80. The van der Waals surface area contributed by atoms with Gasteiger partial charge in [-0.05, 0) is 44.2 Å². The largest absolute Gasteiger partial charge is 0.381 e. The molecule has 5 rings (SSSR count). The first-order chi connectivity index (χ1) is 17.6. The van der Waals surface area contributed by atoms with E-state index in [-0.39, 0.29) is 46.0 Å². The van der Waals surface area contributed by atoms with E-state index < -0.39 is 11.6 Å². The molecule has 2 aliphatic rings. The molecule has 1 amide bonds. The first kappa shape index (κ1) is 25.6. The van der Waals surface area contributed by atoms with Crippen molar-refractivity contribution < 1.29 is 18.3 Å². The van der Waals surface area contributed by atoms with E-state index in [1.807, 2.05) is 4.57 Å². The third-order valence-electron chi connectivity index (χ3n) is 7.41. The van der Waals surface area contributed by atoms with Crippen molar-refractivity contribution >= 4 is 46.3 Å². The molecule has 9 nitrogen and oxygen atoms in total. The SMILES string of the molecule is CC1(C)COCC[C@H]1Nc1ncc2nc(Nc3c(F)cc(Cl)cc3F)n(C3CCC(C(N)=O)CC3)c2n1. The van der Waals surface area contributed by atoms with Crippen molar-refractivity contribution in [3.8, 4) is 0 Å². The molecule has 1 atom stereocenters. The van der Waals surface area contributed by atoms with Gasteiger partial charge in [0.1, 0.15) is 11.2 Å². The van der Waals surface area contributed by atoms with Gasteiger partial charge in [-0.1, -0.05) is 25.4 Å². The van der Waals surface area contributed by atoms with Crippen LogP contribution in [0.1, 0.15) is 52.0 Å². The number of rotatable bonds is 6. The molecule has 4 N–H and O–H groups in total. The summed E-state index contributed by atoms with van der Waals surface area (Å²) in [7, 11) is 0. The third kappa shape index (κ3) is 5.19. The summed E-state index contributed by atoms with van der Waals surface area (Å²) < 4.78 is 36.8. The maximum absolute atomic E-state index is 14.6. The molecule has 1 saturated carbocycles. The number of aromatic nitrogens is 4. The lowest BCUT2D eigenvalue weighted by molar-refractivity contribution is -0.122. The van der Waals surface area contributed by atoms with Gasteiger partial charge in [0, 0.05) is 35.0 Å². The van der Waals surface area contributed by atoms with Crippen LogP contribution in [0.5, 0.6) is 0 Å². The molecule has 2 fully saturated rings. The lowest BCUT2D eigenvalue weighted by atomic mass is 9.82. The number of primary amides is 1. The summed E-state index contributed by atoms with van der Waals surface area (Å²) in [6.07, 6.45) is 4.90. The minimum absolute atomic E-state index is 0.0450. The summed E-state index contributed by atoms with van der Waals surface area (Å²) in [6, 6.07) is 2.07. The predicted molar refractivity (Wildman–Crippen MR) is 137 cm³/mol. The molecular formula is C25H30ClF2N7O2. The quantitative estimate of drug-likeness (QED) is 0.410. The predicted octanol–water partition coefficient (Wildman–Crippen LogP) is 4.95. The van der Waals surface area contributed by atoms with Crippen molar-refractivity contribution in [3.05, 3.63) is 35.0 Å². The molecule has 12 heteroatoms. The highest BCUT2D eigenvalue weighted by molar-refractivity contribution is 6.30. The zero-order valence-corrected chi connectivity index (χ0v) is 21.5. The van der Waals surface area contributed by atoms with Crippen LogP contribution in [-0.2, 0) is 9.53 Å². The van der Waals surface area contributed by atoms with Crippen molar-refractivity contribution in [2.24, 2.45) is 17.1 Å². The van der Waals surface area contributed by atoms with Crippen LogP contribution in [0.25, 0.3) is 11.2 Å². The van der Waals surface area contributed by atoms with Gasteiger partial charge in [0.2, 0.25) is 17.8 Å². The molecule has 1 aliphatic heterocycles. The molecule has 3 heterocycles. The number of ether oxygens (including phenoxy) is 1. The molecule has 1 aromatic carbocycles. The first-order valence-electron chi connectivity index (χ1n) is 12.4. The number of carbonyl (C=O) groups is 1. The van der Waals surface area contributed by atoms with Crippen LogP contribution in [-0.4, -0.2) is 44.7 Å². The van der Waals surface area contributed by atoms with Gasteiger partial charge >= 0.3 is 0 Å². The molecule has 1 aliphatic carbocycles. The average Bonchev–Trinajstić information content (AvgIpc) is 3.20. The number of carbonyl (C=O) groups excluding carboxylic acids is 1. The average molecular weight is 534 g/mol. The Bertz CT molecular complexity index is 1300. The summed E-state index contributed by atoms with van der Waals surface area (Å²) in [4.78, 5) is 25.5. The monoisotopic (exact) mass is 533 g/mol. The van der Waals surface area contributed by atoms with Crippen LogP contribution in [0.3, 0.4) is 0 Å². The number of anilines is 3. The molecular weight excluding hydrogens is 504 g/mol. The Morgan fingerprint density at radius 2 is 1.86 bits per heavy atom. The molecule has 3 aromatic rings. The Balaban J connectivity index is 1.53. The van der Waals surface area contributed by atoms with Gasteiger partial charge in [-0.15, -0.1) is 0 Å². The van der Waals surface area contributed by atoms with E-state index in [9.17, 15) is 13.6 Å². The van der Waals surface area contributed by atoms with Gasteiger partial charge in [-0.2, -0.15) is 4.98 Å². The van der Waals surface area contributed by atoms with Crippen LogP contribution >= 0.6 is 11.6 Å². The van der Waals surface area contributed by atoms with Crippen LogP contribution in [0.15, 0.2) is 18.3 Å². The minimum atomic E-state index is -0.837. The number of benzene rings is 1. The molecule has 2 aromatic heterocycles. The van der Waals surface area contributed by atoms with Crippen LogP contribution in [0.4, 0.5) is 26.4 Å². The van der Waals surface area contributed by atoms with Gasteiger partial charge < -0.3 is 21.1 Å². The van der Waals surface area contributed by atoms with Gasteiger partial charge in [-0.3, -0.25) is 9.36 Å². The second-order valence-corrected chi connectivity index (χ2v) is 10.9. The normalized spacial score (nSPS) is 23.6. The molecule has 1 saturated heterocycles. The van der Waals surface area contributed by atoms with E-state index in [0.29, 0.717) is 56.0 Å². The highest BCUT2D eigenvalue weighted by Crippen LogP contribution is 2.38. The zero-order valence-electron chi connectivity index (χ0n) is 20.7. The standard InChI is InChI=1S/C25H30ClF2N7O2/c1-25(2)12-37-8-7-19(25)32-23-30-11-18-22(34-23)35(15-5-3-13(4-6-15)21(29)36)24(31-18)33-20-16(27)9-14(26)10-17(20)28/h9-11,13,15,19H,3-8,12H2,1-2H3,(H2,29,36)(H,31,33)(H,30,32,34)/t13?,15?,19-/m1/s1. The molecule has 198 valence electrons. The number of amides is 1. The van der Waals surface area contributed by atoms with E-state index in [0.717, 1.165) is 18.6 Å². The van der Waals surface area contributed by atoms with E-state index in [1.54, 1.807) is 6.20 Å². The summed E-state index contributed by atoms with van der Waals surface area (Å²) in [5.74, 6) is -1.51. The van der Waals surface area contributed by atoms with Crippen molar-refractivity contribution in [2.75, 3.05) is 23.8 Å². The van der Waals surface area contributed by atoms with E-state index >= 15 is 0 Å². The Hall–Kier alpha value is -3.05. The van der Waals surface area contributed by atoms with Crippen molar-refractivity contribution in [1.82, 2.24) is 19.5 Å². The van der Waals surface area contributed by atoms with E-state index in [4.69, 9.17) is 27.1 Å². The fourth-order valence-corrected chi connectivity index (χ4v) is 5.43. The molecule has 0 spiro atoms. The van der Waals surface area contributed by atoms with Crippen LogP contribution in [0.2, 0.25) is 5.02 Å². The lowest BCUT2D eigenvalue weighted by Crippen LogP contribution is -2.44. The number of hydrogen-bond donors (Lipinski definition) is 3. The number of nitrogens with zero attached hydrogens (tertiary/aromatic N) is 4. The second-order valence-electron chi connectivity index (χ2n) is 10.5. The maximum atomic E-state index is 14.6. The zero-order chi connectivity index (χ0) is 26.3. The first-order valence-corrected chi connectivity index (χ1v) is 12.8. The van der Waals surface area contributed by atoms with Gasteiger partial charge in [0.25, 0.3) is 0 Å². The molecule has 0 radical (unpaired) electrons. The molecule has 37 heavy (non-hydrogen) atoms. The number of imidazole rings is 1. The fraction of sp³-hybridized carbons (Fsp3) is 0.520. The van der Waals surface area contributed by atoms with E-state index in [2.05, 4.69) is 34.4 Å². The Labute approximate surface area is 218 Å². The van der Waals surface area contributed by atoms with Gasteiger partial charge in [0.15, 0.2) is 17.3 Å². The minimum Gasteiger partial charge on any atom is -0.381 e. The Morgan fingerprint density at radius 1 is 1.16 bits per heavy atom. The number of fused-ring (bicyclic) bond motifs is 1. The summed E-state index contributed by atoms with van der Waals surface area (Å²) in [5.41, 5.74) is 6.07. The molecule has 0 bridgehead atoms. The smallest absolute Gasteiger partial charge is 0.225 e. The van der Waals surface area contributed by atoms with Crippen LogP contribution in [0, 0.1) is 23.0 Å². The van der Waals surface area contributed by atoms with Crippen LogP contribution < -0.4 is 16.4 Å². The number of nitrogens with one attached hydrogen (secondary N) is 2. The summed E-state index contributed by atoms with van der Waals surface area (Å²) in [5, 5.41) is 6.21. The molecule has 0 unspecified atom stereocenters. The topological polar surface area (TPSA) is 120 Å². The number of halogens is 3. The lowest BCUT2D eigenvalue weighted by Gasteiger charge is -2.38. The van der Waals surface area contributed by atoms with Gasteiger partial charge in [-0.25, -0.2) is 18.7 Å². The highest BCUT2D eigenvalue weighted by Gasteiger charge is 2.34. The maximum Gasteiger partial charge on any atom is 0.225 e. The van der Waals surface area contributed by atoms with E-state index in [1.165, 1.54) is 0 Å². The fourth-order valence-electron chi connectivity index (χ4n) is 5.24. The Morgan fingerprint density at radius 3 is 2.51 bits per heavy atom. The van der Waals surface area contributed by atoms with Gasteiger partial charge in [0.05, 0.1) is 12.8 Å². The van der Waals surface area contributed by atoms with Crippen molar-refractivity contribution in [1.29, 1.82) is 0 Å². The highest BCUT2D eigenvalue weighted by atomic mass is 35.5. The number of hydrogen-bond acceptors (Lipinski definition) is 7. The third-order valence-corrected chi connectivity index (χ3v) is 7.63.